The summed E-state index contributed by atoms with van der Waals surface area (Å²) < 4.78 is 0. The van der Waals surface area contributed by atoms with Gasteiger partial charge in [-0.25, -0.2) is 4.98 Å². The van der Waals surface area contributed by atoms with Crippen LogP contribution in [-0.4, -0.2) is 11.7 Å². The van der Waals surface area contributed by atoms with E-state index in [0.717, 1.165) is 33.6 Å². The molecule has 4 heteroatoms. The summed E-state index contributed by atoms with van der Waals surface area (Å²) in [7, 11) is 0. The molecule has 1 aromatic heterocycles. The number of benzene rings is 7. The van der Waals surface area contributed by atoms with E-state index < -0.39 is 0 Å². The van der Waals surface area contributed by atoms with Gasteiger partial charge in [0, 0.05) is 45.3 Å². The van der Waals surface area contributed by atoms with E-state index in [2.05, 4.69) is 292 Å². The van der Waals surface area contributed by atoms with Crippen molar-refractivity contribution in [2.24, 2.45) is 0 Å². The normalized spacial score (nSPS) is 13.9. The third-order valence-corrected chi connectivity index (χ3v) is 15.9. The highest BCUT2D eigenvalue weighted by molar-refractivity contribution is 7.00. The summed E-state index contributed by atoms with van der Waals surface area (Å²) >= 11 is 0. The lowest BCUT2D eigenvalue weighted by Crippen LogP contribution is -2.61. The van der Waals surface area contributed by atoms with E-state index in [0.29, 0.717) is 0 Å². The van der Waals surface area contributed by atoms with E-state index in [1.165, 1.54) is 83.9 Å². The largest absolute Gasteiger partial charge is 0.311 e. The molecule has 8 aromatic rings. The molecule has 0 aliphatic carbocycles. The minimum absolute atomic E-state index is 0.0598. The van der Waals surface area contributed by atoms with Crippen LogP contribution in [0, 0.1) is 0 Å². The lowest BCUT2D eigenvalue weighted by Gasteiger charge is -2.45. The zero-order valence-electron chi connectivity index (χ0n) is 48.4. The molecule has 0 fully saturated rings. The van der Waals surface area contributed by atoms with E-state index in [-0.39, 0.29) is 39.2 Å². The average molecular weight is 986 g/mol. The van der Waals surface area contributed by atoms with Gasteiger partial charge in [-0.2, -0.15) is 0 Å². The Hall–Kier alpha value is -6.65. The molecular formula is C71H80BN3. The van der Waals surface area contributed by atoms with Gasteiger partial charge < -0.3 is 9.80 Å². The summed E-state index contributed by atoms with van der Waals surface area (Å²) in [5.41, 5.74) is 25.0. The maximum Gasteiger partial charge on any atom is 0.252 e. The zero-order chi connectivity index (χ0) is 53.9. The van der Waals surface area contributed by atoms with Crippen LogP contribution in [0.15, 0.2) is 158 Å². The molecule has 0 amide bonds. The van der Waals surface area contributed by atoms with E-state index in [1.54, 1.807) is 0 Å². The Morgan fingerprint density at radius 1 is 0.293 bits per heavy atom. The van der Waals surface area contributed by atoms with Crippen LogP contribution in [0.1, 0.15) is 158 Å². The number of anilines is 6. The molecule has 3 nitrogen and oxygen atoms in total. The van der Waals surface area contributed by atoms with Crippen molar-refractivity contribution in [3.63, 3.8) is 0 Å². The summed E-state index contributed by atoms with van der Waals surface area (Å²) in [4.78, 5) is 10.9. The molecule has 0 bridgehead atoms. The first-order chi connectivity index (χ1) is 34.9. The molecule has 10 rings (SSSR count). The summed E-state index contributed by atoms with van der Waals surface area (Å²) in [5, 5.41) is 0. The molecular weight excluding hydrogens is 906 g/mol. The first-order valence-corrected chi connectivity index (χ1v) is 27.5. The monoisotopic (exact) mass is 986 g/mol. The maximum absolute atomic E-state index is 5.67. The highest BCUT2D eigenvalue weighted by Gasteiger charge is 2.45. The van der Waals surface area contributed by atoms with Crippen LogP contribution in [0.2, 0.25) is 0 Å². The van der Waals surface area contributed by atoms with Gasteiger partial charge in [0.25, 0.3) is 6.71 Å². The van der Waals surface area contributed by atoms with Crippen molar-refractivity contribution in [2.45, 2.75) is 157 Å². The topological polar surface area (TPSA) is 19.4 Å². The highest BCUT2D eigenvalue weighted by Crippen LogP contribution is 2.49. The number of fused-ring (bicyclic) bond motifs is 4. The second-order valence-corrected chi connectivity index (χ2v) is 28.0. The lowest BCUT2D eigenvalue weighted by molar-refractivity contribution is 0.568. The molecule has 2 aliphatic rings. The molecule has 3 heterocycles. The quantitative estimate of drug-likeness (QED) is 0.160. The van der Waals surface area contributed by atoms with Crippen molar-refractivity contribution >= 4 is 57.2 Å². The number of aromatic nitrogens is 1. The van der Waals surface area contributed by atoms with Gasteiger partial charge in [0.05, 0.1) is 11.4 Å². The maximum atomic E-state index is 5.67. The van der Waals surface area contributed by atoms with E-state index >= 15 is 0 Å². The van der Waals surface area contributed by atoms with Crippen LogP contribution in [0.5, 0.6) is 0 Å². The molecule has 75 heavy (non-hydrogen) atoms. The first-order valence-electron chi connectivity index (χ1n) is 27.5. The van der Waals surface area contributed by atoms with Gasteiger partial charge in [0.15, 0.2) is 0 Å². The Bertz CT molecular complexity index is 3200. The zero-order valence-corrected chi connectivity index (χ0v) is 48.4. The van der Waals surface area contributed by atoms with Gasteiger partial charge in [-0.1, -0.05) is 222 Å². The first kappa shape index (κ1) is 51.8. The van der Waals surface area contributed by atoms with Crippen molar-refractivity contribution in [2.75, 3.05) is 9.80 Å². The summed E-state index contributed by atoms with van der Waals surface area (Å²) in [5.74, 6) is 0. The van der Waals surface area contributed by atoms with Crippen LogP contribution in [-0.2, 0) is 32.5 Å². The Balaban J connectivity index is 1.41. The van der Waals surface area contributed by atoms with Crippen molar-refractivity contribution in [3.8, 4) is 33.6 Å². The molecule has 0 saturated heterocycles. The van der Waals surface area contributed by atoms with E-state index in [1.807, 2.05) is 0 Å². The Labute approximate surface area is 451 Å². The minimum Gasteiger partial charge on any atom is -0.311 e. The fourth-order valence-electron chi connectivity index (χ4n) is 11.1. The van der Waals surface area contributed by atoms with Gasteiger partial charge >= 0.3 is 0 Å². The second kappa shape index (κ2) is 18.0. The number of nitrogens with zero attached hydrogens (tertiary/aromatic N) is 3. The van der Waals surface area contributed by atoms with Crippen LogP contribution in [0.3, 0.4) is 0 Å². The van der Waals surface area contributed by atoms with E-state index in [4.69, 9.17) is 4.98 Å². The van der Waals surface area contributed by atoms with Gasteiger partial charge in [0.1, 0.15) is 0 Å². The van der Waals surface area contributed by atoms with Gasteiger partial charge in [0.2, 0.25) is 0 Å². The highest BCUT2D eigenvalue weighted by atomic mass is 15.2. The second-order valence-electron chi connectivity index (χ2n) is 28.0. The molecule has 0 atom stereocenters. The fraction of sp³-hybridized carbons (Fsp3) is 0.338. The van der Waals surface area contributed by atoms with Crippen LogP contribution in [0.25, 0.3) is 33.6 Å². The van der Waals surface area contributed by atoms with Crippen LogP contribution >= 0.6 is 0 Å². The lowest BCUT2D eigenvalue weighted by atomic mass is 9.33. The van der Waals surface area contributed by atoms with Crippen molar-refractivity contribution in [1.82, 2.24) is 4.98 Å². The molecule has 0 N–H and O–H groups in total. The number of hydrogen-bond acceptors (Lipinski definition) is 3. The number of hydrogen-bond donors (Lipinski definition) is 0. The molecule has 2 aliphatic heterocycles. The van der Waals surface area contributed by atoms with Crippen LogP contribution < -0.4 is 26.2 Å². The molecule has 7 aromatic carbocycles. The standard InChI is InChI=1S/C71H80BN3/c1-66(2,3)49-29-31-61-57(43-49)72-58-44-50(67(4,5)6)30-32-62(58)75(56-41-53(70(13,14)15)38-54(42-56)71(16,17)18)64-36-48(60-34-47(45-25-21-19-22-26-45)33-59(73-60)46-27-23-20-24-28-46)35-63(65(64)72)74(61)55-39-51(68(7,8)9)37-52(40-55)69(10,11)12/h19-44H,1-18H3. The Morgan fingerprint density at radius 2 is 0.640 bits per heavy atom. The van der Waals surface area contributed by atoms with Gasteiger partial charge in [-0.15, -0.1) is 0 Å². The van der Waals surface area contributed by atoms with Gasteiger partial charge in [-0.05, 0) is 154 Å². The Kier molecular flexibility index (Phi) is 12.4. The molecule has 0 spiro atoms. The minimum atomic E-state index is -0.0912. The van der Waals surface area contributed by atoms with Gasteiger partial charge in [-0.3, -0.25) is 0 Å². The third kappa shape index (κ3) is 9.80. The summed E-state index contributed by atoms with van der Waals surface area (Å²) in [6.07, 6.45) is 0. The SMILES string of the molecule is CC(C)(C)c1cc(N2c3ccc(C(C)(C)C)cc3B3c4cc(C(C)(C)C)ccc4N(c4cc(C(C)(C)C)cc(C(C)(C)C)c4)c4cc(-c5cc(-c6ccccc6)cc(-c6ccccc6)n5)cc2c43)cc(C(C)(C)C)c1. The number of rotatable bonds is 5. The predicted octanol–water partition coefficient (Wildman–Crippen LogP) is 18.0. The van der Waals surface area contributed by atoms with Crippen molar-refractivity contribution < 1.29 is 0 Å². The van der Waals surface area contributed by atoms with Crippen molar-refractivity contribution in [3.05, 3.63) is 191 Å². The van der Waals surface area contributed by atoms with Crippen LogP contribution in [0.4, 0.5) is 34.1 Å². The summed E-state index contributed by atoms with van der Waals surface area (Å²) in [6.45, 7) is 42.3. The average Bonchev–Trinajstić information content (AvgIpc) is 3.35. The number of pyridine rings is 1. The predicted molar refractivity (Wildman–Crippen MR) is 327 cm³/mol. The fourth-order valence-corrected chi connectivity index (χ4v) is 11.1. The molecule has 0 saturated carbocycles. The Morgan fingerprint density at radius 3 is 1.00 bits per heavy atom. The van der Waals surface area contributed by atoms with Crippen molar-refractivity contribution in [1.29, 1.82) is 0 Å². The van der Waals surface area contributed by atoms with E-state index in [9.17, 15) is 0 Å². The summed E-state index contributed by atoms with van der Waals surface area (Å²) in [6, 6.07) is 60.6. The molecule has 0 unspecified atom stereocenters. The smallest absolute Gasteiger partial charge is 0.252 e. The molecule has 382 valence electrons. The third-order valence-electron chi connectivity index (χ3n) is 15.9. The molecule has 0 radical (unpaired) electrons.